The highest BCUT2D eigenvalue weighted by atomic mass is 35.5. The first-order valence-electron chi connectivity index (χ1n) is 11.3. The third-order valence-corrected chi connectivity index (χ3v) is 6.26. The summed E-state index contributed by atoms with van der Waals surface area (Å²) in [4.78, 5) is 24.3. The van der Waals surface area contributed by atoms with Crippen LogP contribution in [-0.4, -0.2) is 23.5 Å². The number of fused-ring (bicyclic) bond motifs is 1. The molecule has 0 aromatic heterocycles. The molecule has 1 heterocycles. The van der Waals surface area contributed by atoms with Gasteiger partial charge in [0.1, 0.15) is 23.3 Å². The van der Waals surface area contributed by atoms with Crippen molar-refractivity contribution in [1.29, 1.82) is 5.26 Å². The minimum Gasteiger partial charge on any atom is -0.493 e. The lowest BCUT2D eigenvalue weighted by Gasteiger charge is -2.24. The van der Waals surface area contributed by atoms with Crippen molar-refractivity contribution < 1.29 is 24.2 Å². The van der Waals surface area contributed by atoms with E-state index in [1.165, 1.54) is 6.07 Å². The first-order chi connectivity index (χ1) is 16.8. The molecule has 178 valence electrons. The Morgan fingerprint density at radius 2 is 1.89 bits per heavy atom. The number of rotatable bonds is 8. The van der Waals surface area contributed by atoms with Gasteiger partial charge in [-0.3, -0.25) is 9.59 Å². The Morgan fingerprint density at radius 3 is 2.54 bits per heavy atom. The van der Waals surface area contributed by atoms with Gasteiger partial charge in [-0.2, -0.15) is 5.26 Å². The normalized spacial score (nSPS) is 15.3. The smallest absolute Gasteiger partial charge is 0.311 e. The largest absolute Gasteiger partial charge is 0.493 e. The summed E-state index contributed by atoms with van der Waals surface area (Å²) >= 11 is 5.93. The van der Waals surface area contributed by atoms with Crippen molar-refractivity contribution in [2.45, 2.75) is 32.1 Å². The van der Waals surface area contributed by atoms with Crippen LogP contribution in [0.15, 0.2) is 60.7 Å². The molecule has 0 aliphatic carbocycles. The number of hydrogen-bond acceptors (Lipinski definition) is 5. The average Bonchev–Trinajstić information content (AvgIpc) is 2.84. The van der Waals surface area contributed by atoms with E-state index >= 15 is 0 Å². The molecule has 1 aliphatic heterocycles. The minimum atomic E-state index is -0.949. The number of benzene rings is 3. The Morgan fingerprint density at radius 1 is 1.17 bits per heavy atom. The average molecular weight is 490 g/mol. The van der Waals surface area contributed by atoms with E-state index in [9.17, 15) is 20.0 Å². The molecular formula is C28H24ClNO5. The Labute approximate surface area is 208 Å². The number of Topliss-reactive ketones (excluding diaryl/α,β-unsaturated/α-hetero) is 1. The lowest BCUT2D eigenvalue weighted by molar-refractivity contribution is -0.139. The maximum absolute atomic E-state index is 12.7. The van der Waals surface area contributed by atoms with Gasteiger partial charge in [-0.15, -0.1) is 0 Å². The van der Waals surface area contributed by atoms with Crippen LogP contribution in [0.1, 0.15) is 52.7 Å². The lowest BCUT2D eigenvalue weighted by Crippen LogP contribution is -2.21. The zero-order valence-corrected chi connectivity index (χ0v) is 19.9. The first-order valence-corrected chi connectivity index (χ1v) is 11.7. The zero-order valence-electron chi connectivity index (χ0n) is 19.2. The molecule has 7 heteroatoms. The third kappa shape index (κ3) is 5.82. The van der Waals surface area contributed by atoms with Gasteiger partial charge >= 0.3 is 5.97 Å². The number of ketones is 1. The molecule has 3 aromatic rings. The van der Waals surface area contributed by atoms with Crippen LogP contribution in [0.5, 0.6) is 17.2 Å². The zero-order chi connectivity index (χ0) is 24.9. The highest BCUT2D eigenvalue weighted by molar-refractivity contribution is 6.30. The van der Waals surface area contributed by atoms with Crippen LogP contribution < -0.4 is 9.47 Å². The highest BCUT2D eigenvalue weighted by Gasteiger charge is 2.29. The number of carboxylic acid groups (broad SMARTS) is 1. The van der Waals surface area contributed by atoms with Crippen LogP contribution in [0.4, 0.5) is 0 Å². The van der Waals surface area contributed by atoms with Gasteiger partial charge in [0.05, 0.1) is 18.1 Å². The summed E-state index contributed by atoms with van der Waals surface area (Å²) in [5, 5.41) is 19.7. The van der Waals surface area contributed by atoms with Gasteiger partial charge in [0.2, 0.25) is 0 Å². The number of halogens is 1. The fraction of sp³-hybridized carbons (Fsp3) is 0.250. The number of hydrogen-bond donors (Lipinski definition) is 1. The van der Waals surface area contributed by atoms with Crippen molar-refractivity contribution in [1.82, 2.24) is 0 Å². The quantitative estimate of drug-likeness (QED) is 0.367. The van der Waals surface area contributed by atoms with E-state index in [1.54, 1.807) is 30.3 Å². The van der Waals surface area contributed by atoms with Crippen LogP contribution in [0.2, 0.25) is 5.02 Å². The molecule has 1 aliphatic rings. The standard InChI is InChI=1S/C28H24ClNO5/c1-17(12-18-2-6-21(29)7-3-18)13-25(31)19-4-8-22(9-5-19)35-26-15-27-24(14-20(26)16-30)23(28(32)33)10-11-34-27/h2-9,14-15,17,23H,10-13H2,1H3,(H,32,33). The molecule has 0 radical (unpaired) electrons. The van der Waals surface area contributed by atoms with Gasteiger partial charge in [-0.1, -0.05) is 30.7 Å². The molecule has 0 spiro atoms. The van der Waals surface area contributed by atoms with Gasteiger partial charge < -0.3 is 14.6 Å². The van der Waals surface area contributed by atoms with Crippen LogP contribution in [-0.2, 0) is 11.2 Å². The third-order valence-electron chi connectivity index (χ3n) is 6.01. The predicted octanol–water partition coefficient (Wildman–Crippen LogP) is 6.41. The van der Waals surface area contributed by atoms with Gasteiger partial charge in [-0.05, 0) is 66.8 Å². The summed E-state index contributed by atoms with van der Waals surface area (Å²) in [5.74, 6) is -0.326. The van der Waals surface area contributed by atoms with Crippen molar-refractivity contribution in [3.05, 3.63) is 87.9 Å². The molecular weight excluding hydrogens is 466 g/mol. The van der Waals surface area contributed by atoms with Crippen LogP contribution >= 0.6 is 11.6 Å². The Hall–Kier alpha value is -3.82. The summed E-state index contributed by atoms with van der Waals surface area (Å²) in [7, 11) is 0. The molecule has 0 saturated carbocycles. The molecule has 3 aromatic carbocycles. The SMILES string of the molecule is CC(CC(=O)c1ccc(Oc2cc3c(cc2C#N)C(C(=O)O)CCO3)cc1)Cc1ccc(Cl)cc1. The van der Waals surface area contributed by atoms with E-state index in [2.05, 4.69) is 6.07 Å². The van der Waals surface area contributed by atoms with Crippen LogP contribution in [0.25, 0.3) is 0 Å². The van der Waals surface area contributed by atoms with Crippen molar-refractivity contribution in [2.75, 3.05) is 6.61 Å². The summed E-state index contributed by atoms with van der Waals surface area (Å²) in [6.07, 6.45) is 1.54. The topological polar surface area (TPSA) is 96.6 Å². The molecule has 2 unspecified atom stereocenters. The summed E-state index contributed by atoms with van der Waals surface area (Å²) in [6.45, 7) is 2.32. The number of carboxylic acids is 1. The number of carbonyl (C=O) groups is 2. The second-order valence-corrected chi connectivity index (χ2v) is 9.15. The second kappa shape index (κ2) is 10.6. The maximum atomic E-state index is 12.7. The van der Waals surface area contributed by atoms with Crippen molar-refractivity contribution in [3.63, 3.8) is 0 Å². The first kappa shape index (κ1) is 24.3. The van der Waals surface area contributed by atoms with Gasteiger partial charge in [0, 0.05) is 28.6 Å². The van der Waals surface area contributed by atoms with Crippen molar-refractivity contribution in [2.24, 2.45) is 5.92 Å². The molecule has 0 amide bonds. The number of nitrogens with zero attached hydrogens (tertiary/aromatic N) is 1. The van der Waals surface area contributed by atoms with Crippen LogP contribution in [0.3, 0.4) is 0 Å². The summed E-state index contributed by atoms with van der Waals surface area (Å²) in [6, 6.07) is 19.5. The number of aliphatic carboxylic acids is 1. The van der Waals surface area contributed by atoms with E-state index in [0.717, 1.165) is 12.0 Å². The Bertz CT molecular complexity index is 1280. The molecule has 1 N–H and O–H groups in total. The van der Waals surface area contributed by atoms with E-state index in [4.69, 9.17) is 21.1 Å². The molecule has 2 atom stereocenters. The summed E-state index contributed by atoms with van der Waals surface area (Å²) < 4.78 is 11.5. The lowest BCUT2D eigenvalue weighted by atomic mass is 9.91. The monoisotopic (exact) mass is 489 g/mol. The van der Waals surface area contributed by atoms with Gasteiger partial charge in [-0.25, -0.2) is 0 Å². The van der Waals surface area contributed by atoms with E-state index in [1.807, 2.05) is 31.2 Å². The summed E-state index contributed by atoms with van der Waals surface area (Å²) in [5.41, 5.74) is 2.41. The fourth-order valence-electron chi connectivity index (χ4n) is 4.21. The molecule has 6 nitrogen and oxygen atoms in total. The van der Waals surface area contributed by atoms with Crippen molar-refractivity contribution in [3.8, 4) is 23.3 Å². The molecule has 0 fully saturated rings. The maximum Gasteiger partial charge on any atom is 0.311 e. The van der Waals surface area contributed by atoms with Gasteiger partial charge in [0.25, 0.3) is 0 Å². The van der Waals surface area contributed by atoms with E-state index < -0.39 is 11.9 Å². The van der Waals surface area contributed by atoms with Crippen LogP contribution in [0, 0.1) is 17.2 Å². The fourth-order valence-corrected chi connectivity index (χ4v) is 4.34. The number of carbonyl (C=O) groups excluding carboxylic acids is 1. The van der Waals surface area contributed by atoms with E-state index in [0.29, 0.717) is 40.5 Å². The number of nitriles is 1. The molecule has 4 rings (SSSR count). The Kier molecular flexibility index (Phi) is 7.38. The minimum absolute atomic E-state index is 0.0395. The van der Waals surface area contributed by atoms with Gasteiger partial charge in [0.15, 0.2) is 5.78 Å². The number of ether oxygens (including phenoxy) is 2. The van der Waals surface area contributed by atoms with E-state index in [-0.39, 0.29) is 29.6 Å². The Balaban J connectivity index is 1.43. The molecule has 35 heavy (non-hydrogen) atoms. The molecule has 0 saturated heterocycles. The predicted molar refractivity (Wildman–Crippen MR) is 131 cm³/mol. The molecule has 0 bridgehead atoms. The highest BCUT2D eigenvalue weighted by Crippen LogP contribution is 2.39. The second-order valence-electron chi connectivity index (χ2n) is 8.72. The van der Waals surface area contributed by atoms with Crippen molar-refractivity contribution >= 4 is 23.4 Å².